The summed E-state index contributed by atoms with van der Waals surface area (Å²) in [5, 5.41) is 0. The van der Waals surface area contributed by atoms with Crippen LogP contribution in [0.5, 0.6) is 0 Å². The van der Waals surface area contributed by atoms with Crippen molar-refractivity contribution in [3.05, 3.63) is 0 Å². The molecule has 0 aliphatic heterocycles. The van der Waals surface area contributed by atoms with Crippen LogP contribution in [0.15, 0.2) is 0 Å². The van der Waals surface area contributed by atoms with Crippen LogP contribution in [0, 0.1) is 12.3 Å². The van der Waals surface area contributed by atoms with Gasteiger partial charge in [-0.15, -0.1) is 6.42 Å². The molecule has 4 N–H and O–H groups in total. The van der Waals surface area contributed by atoms with Crippen molar-refractivity contribution in [3.8, 4) is 12.3 Å². The molecule has 4 heteroatoms. The van der Waals surface area contributed by atoms with Crippen LogP contribution >= 0.6 is 0 Å². The van der Waals surface area contributed by atoms with Gasteiger partial charge < -0.3 is 16.2 Å². The first kappa shape index (κ1) is 11.9. The van der Waals surface area contributed by atoms with E-state index in [9.17, 15) is 4.79 Å². The lowest BCUT2D eigenvalue weighted by atomic mass is 9.96. The van der Waals surface area contributed by atoms with Gasteiger partial charge in [0.2, 0.25) is 0 Å². The van der Waals surface area contributed by atoms with Gasteiger partial charge in [0.05, 0.1) is 6.61 Å². The minimum Gasteiger partial charge on any atom is -0.464 e. The Morgan fingerprint density at radius 3 is 2.69 bits per heavy atom. The number of ether oxygens (including phenoxy) is 1. The van der Waals surface area contributed by atoms with Crippen molar-refractivity contribution in [3.63, 3.8) is 0 Å². The third kappa shape index (κ3) is 3.45. The standard InChI is InChI=1S/C9H16N2O2/c1-3-9(11,6-5-7-10)8(12)13-4-2/h1H,4-7,10-11H2,2H3/t9-/m1/s1. The first-order valence-electron chi connectivity index (χ1n) is 4.24. The first-order valence-corrected chi connectivity index (χ1v) is 4.24. The second-order valence-corrected chi connectivity index (χ2v) is 2.73. The van der Waals surface area contributed by atoms with Crippen molar-refractivity contribution >= 4 is 5.97 Å². The zero-order valence-corrected chi connectivity index (χ0v) is 7.88. The molecule has 0 fully saturated rings. The number of nitrogens with two attached hydrogens (primary N) is 2. The second kappa shape index (κ2) is 5.57. The van der Waals surface area contributed by atoms with E-state index in [1.807, 2.05) is 0 Å². The minimum absolute atomic E-state index is 0.280. The maximum absolute atomic E-state index is 11.3. The van der Waals surface area contributed by atoms with Crippen molar-refractivity contribution in [1.29, 1.82) is 0 Å². The Hall–Kier alpha value is -1.05. The van der Waals surface area contributed by atoms with Gasteiger partial charge in [-0.3, -0.25) is 0 Å². The molecule has 4 nitrogen and oxygen atoms in total. The molecule has 0 amide bonds. The summed E-state index contributed by atoms with van der Waals surface area (Å²) in [4.78, 5) is 11.3. The van der Waals surface area contributed by atoms with Gasteiger partial charge in [0.15, 0.2) is 5.54 Å². The van der Waals surface area contributed by atoms with Crippen LogP contribution in [-0.4, -0.2) is 24.7 Å². The SMILES string of the molecule is C#C[C@@](N)(CCCN)C(=O)OCC. The average molecular weight is 184 g/mol. The van der Waals surface area contributed by atoms with Crippen molar-refractivity contribution in [2.24, 2.45) is 11.5 Å². The molecule has 0 rings (SSSR count). The van der Waals surface area contributed by atoms with Gasteiger partial charge in [-0.25, -0.2) is 4.79 Å². The van der Waals surface area contributed by atoms with Crippen molar-refractivity contribution in [2.75, 3.05) is 13.2 Å². The third-order valence-corrected chi connectivity index (χ3v) is 1.67. The average Bonchev–Trinajstić information content (AvgIpc) is 2.14. The monoisotopic (exact) mass is 184 g/mol. The number of rotatable bonds is 5. The summed E-state index contributed by atoms with van der Waals surface area (Å²) in [5.74, 6) is 1.70. The highest BCUT2D eigenvalue weighted by Crippen LogP contribution is 2.10. The Morgan fingerprint density at radius 1 is 1.69 bits per heavy atom. The van der Waals surface area contributed by atoms with Gasteiger partial charge in [0.1, 0.15) is 0 Å². The highest BCUT2D eigenvalue weighted by Gasteiger charge is 2.32. The molecule has 0 saturated heterocycles. The Bertz CT molecular complexity index is 210. The van der Waals surface area contributed by atoms with Crippen LogP contribution < -0.4 is 11.5 Å². The zero-order valence-electron chi connectivity index (χ0n) is 7.88. The molecule has 1 atom stereocenters. The van der Waals surface area contributed by atoms with Crippen LogP contribution in [0.4, 0.5) is 0 Å². The lowest BCUT2D eigenvalue weighted by Crippen LogP contribution is -2.48. The lowest BCUT2D eigenvalue weighted by Gasteiger charge is -2.20. The van der Waals surface area contributed by atoms with Crippen molar-refractivity contribution < 1.29 is 9.53 Å². The maximum atomic E-state index is 11.3. The number of hydrogen-bond donors (Lipinski definition) is 2. The fourth-order valence-corrected chi connectivity index (χ4v) is 0.874. The summed E-state index contributed by atoms with van der Waals surface area (Å²) in [6, 6.07) is 0. The summed E-state index contributed by atoms with van der Waals surface area (Å²) in [5.41, 5.74) is 9.62. The molecule has 0 aromatic rings. The molecular weight excluding hydrogens is 168 g/mol. The molecule has 0 saturated carbocycles. The Balaban J connectivity index is 4.27. The van der Waals surface area contributed by atoms with E-state index in [0.717, 1.165) is 0 Å². The molecular formula is C9H16N2O2. The molecule has 0 heterocycles. The van der Waals surface area contributed by atoms with Gasteiger partial charge in [-0.1, -0.05) is 5.92 Å². The van der Waals surface area contributed by atoms with E-state index >= 15 is 0 Å². The molecule has 74 valence electrons. The molecule has 0 unspecified atom stereocenters. The Labute approximate surface area is 78.6 Å². The molecule has 0 bridgehead atoms. The van der Waals surface area contributed by atoms with E-state index in [0.29, 0.717) is 19.4 Å². The van der Waals surface area contributed by atoms with Gasteiger partial charge in [-0.05, 0) is 26.3 Å². The predicted octanol–water partition coefficient (Wildman–Crippen LogP) is -0.381. The summed E-state index contributed by atoms with van der Waals surface area (Å²) in [7, 11) is 0. The van der Waals surface area contributed by atoms with E-state index in [-0.39, 0.29) is 6.61 Å². The Kier molecular flexibility index (Phi) is 5.12. The minimum atomic E-state index is -1.31. The normalized spacial score (nSPS) is 14.3. The summed E-state index contributed by atoms with van der Waals surface area (Å²) >= 11 is 0. The lowest BCUT2D eigenvalue weighted by molar-refractivity contribution is -0.147. The van der Waals surface area contributed by atoms with E-state index in [1.165, 1.54) is 0 Å². The molecule has 0 aromatic heterocycles. The van der Waals surface area contributed by atoms with Gasteiger partial charge in [0.25, 0.3) is 0 Å². The van der Waals surface area contributed by atoms with Crippen LogP contribution in [0.25, 0.3) is 0 Å². The van der Waals surface area contributed by atoms with Gasteiger partial charge >= 0.3 is 5.97 Å². The zero-order chi connectivity index (χ0) is 10.3. The van der Waals surface area contributed by atoms with E-state index in [4.69, 9.17) is 22.6 Å². The molecule has 0 aliphatic carbocycles. The highest BCUT2D eigenvalue weighted by molar-refractivity contribution is 5.84. The number of carbonyl (C=O) groups excluding carboxylic acids is 1. The van der Waals surface area contributed by atoms with Crippen molar-refractivity contribution in [1.82, 2.24) is 0 Å². The fraction of sp³-hybridized carbons (Fsp3) is 0.667. The topological polar surface area (TPSA) is 78.3 Å². The predicted molar refractivity (Wildman–Crippen MR) is 50.7 cm³/mol. The summed E-state index contributed by atoms with van der Waals surface area (Å²) in [6.45, 7) is 2.44. The number of esters is 1. The van der Waals surface area contributed by atoms with E-state index in [2.05, 4.69) is 5.92 Å². The van der Waals surface area contributed by atoms with Crippen LogP contribution in [0.3, 0.4) is 0 Å². The molecule has 0 aromatic carbocycles. The number of carbonyl (C=O) groups is 1. The number of terminal acetylenes is 1. The third-order valence-electron chi connectivity index (χ3n) is 1.67. The first-order chi connectivity index (χ1) is 6.10. The van der Waals surface area contributed by atoms with E-state index in [1.54, 1.807) is 6.92 Å². The van der Waals surface area contributed by atoms with Crippen LogP contribution in [0.1, 0.15) is 19.8 Å². The second-order valence-electron chi connectivity index (χ2n) is 2.73. The van der Waals surface area contributed by atoms with Crippen LogP contribution in [-0.2, 0) is 9.53 Å². The molecule has 0 radical (unpaired) electrons. The smallest absolute Gasteiger partial charge is 0.338 e. The Morgan fingerprint density at radius 2 is 2.31 bits per heavy atom. The van der Waals surface area contributed by atoms with Crippen molar-refractivity contribution in [2.45, 2.75) is 25.3 Å². The number of hydrogen-bond acceptors (Lipinski definition) is 4. The molecule has 0 spiro atoms. The quantitative estimate of drug-likeness (QED) is 0.451. The fourth-order valence-electron chi connectivity index (χ4n) is 0.874. The molecule has 0 aliphatic rings. The van der Waals surface area contributed by atoms with Crippen LogP contribution in [0.2, 0.25) is 0 Å². The summed E-state index contributed by atoms with van der Waals surface area (Å²) < 4.78 is 4.75. The van der Waals surface area contributed by atoms with Gasteiger partial charge in [-0.2, -0.15) is 0 Å². The summed E-state index contributed by atoms with van der Waals surface area (Å²) in [6.07, 6.45) is 6.13. The van der Waals surface area contributed by atoms with E-state index < -0.39 is 11.5 Å². The molecule has 13 heavy (non-hydrogen) atoms. The maximum Gasteiger partial charge on any atom is 0.338 e. The van der Waals surface area contributed by atoms with Gasteiger partial charge in [0, 0.05) is 0 Å². The largest absolute Gasteiger partial charge is 0.464 e. The highest BCUT2D eigenvalue weighted by atomic mass is 16.5.